The molecule has 2 atom stereocenters. The molecule has 1 N–H and O–H groups in total. The van der Waals surface area contributed by atoms with Crippen molar-refractivity contribution in [2.75, 3.05) is 19.6 Å². The molecule has 2 aliphatic rings. The molecule has 130 valence electrons. The summed E-state index contributed by atoms with van der Waals surface area (Å²) in [5, 5.41) is 2.86. The van der Waals surface area contributed by atoms with Crippen LogP contribution in [0.4, 0.5) is 4.39 Å². The van der Waals surface area contributed by atoms with Crippen LogP contribution in [-0.2, 0) is 16.1 Å². The molecule has 2 saturated heterocycles. The van der Waals surface area contributed by atoms with Gasteiger partial charge in [0.2, 0.25) is 11.8 Å². The van der Waals surface area contributed by atoms with Gasteiger partial charge in [0.1, 0.15) is 17.9 Å². The first-order chi connectivity index (χ1) is 11.5. The highest BCUT2D eigenvalue weighted by atomic mass is 19.1. The van der Waals surface area contributed by atoms with Crippen LogP contribution in [0.1, 0.15) is 25.8 Å². The number of nitrogens with one attached hydrogen (secondary N) is 1. The molecule has 0 unspecified atom stereocenters. The Hall–Kier alpha value is -1.95. The molecule has 2 amide bonds. The van der Waals surface area contributed by atoms with Crippen molar-refractivity contribution in [2.45, 2.75) is 38.9 Å². The summed E-state index contributed by atoms with van der Waals surface area (Å²) in [6.45, 7) is 6.14. The third-order valence-electron chi connectivity index (χ3n) is 4.72. The number of fused-ring (bicyclic) bond motifs is 1. The van der Waals surface area contributed by atoms with Crippen molar-refractivity contribution in [2.24, 2.45) is 5.92 Å². The van der Waals surface area contributed by atoms with Crippen molar-refractivity contribution in [1.29, 1.82) is 0 Å². The standard InChI is InChI=1S/C18H24FN3O2/c1-12(2)9-15-18(24)22-8-7-21(11-16(22)17(23)20-15)10-13-5-3-4-6-14(13)19/h3-6,12,15-16H,7-11H2,1-2H3,(H,20,23)/t15-,16+/m0/s1. The highest BCUT2D eigenvalue weighted by molar-refractivity contribution is 5.97. The summed E-state index contributed by atoms with van der Waals surface area (Å²) in [6, 6.07) is 5.79. The highest BCUT2D eigenvalue weighted by Crippen LogP contribution is 2.21. The van der Waals surface area contributed by atoms with Crippen molar-refractivity contribution >= 4 is 11.8 Å². The van der Waals surface area contributed by atoms with Crippen LogP contribution in [0.15, 0.2) is 24.3 Å². The molecule has 2 fully saturated rings. The second-order valence-corrected chi connectivity index (χ2v) is 7.06. The van der Waals surface area contributed by atoms with Crippen LogP contribution in [-0.4, -0.2) is 53.3 Å². The van der Waals surface area contributed by atoms with Gasteiger partial charge in [0.05, 0.1) is 0 Å². The summed E-state index contributed by atoms with van der Waals surface area (Å²) < 4.78 is 13.8. The number of halogens is 1. The molecule has 0 aliphatic carbocycles. The van der Waals surface area contributed by atoms with E-state index in [0.717, 1.165) is 0 Å². The number of rotatable bonds is 4. The average Bonchev–Trinajstić information content (AvgIpc) is 2.54. The van der Waals surface area contributed by atoms with E-state index in [4.69, 9.17) is 0 Å². The van der Waals surface area contributed by atoms with Gasteiger partial charge in [0.15, 0.2) is 0 Å². The van der Waals surface area contributed by atoms with Gasteiger partial charge in [-0.3, -0.25) is 14.5 Å². The minimum Gasteiger partial charge on any atom is -0.342 e. The maximum atomic E-state index is 13.8. The molecule has 2 heterocycles. The first-order valence-electron chi connectivity index (χ1n) is 8.52. The van der Waals surface area contributed by atoms with Crippen molar-refractivity contribution in [3.05, 3.63) is 35.6 Å². The number of hydrogen-bond donors (Lipinski definition) is 1. The Labute approximate surface area is 141 Å². The van der Waals surface area contributed by atoms with Crippen molar-refractivity contribution < 1.29 is 14.0 Å². The fourth-order valence-electron chi connectivity index (χ4n) is 3.50. The number of piperazine rings is 2. The van der Waals surface area contributed by atoms with Gasteiger partial charge in [-0.1, -0.05) is 32.0 Å². The minimum absolute atomic E-state index is 0.0128. The lowest BCUT2D eigenvalue weighted by atomic mass is 9.97. The molecular weight excluding hydrogens is 309 g/mol. The van der Waals surface area contributed by atoms with Gasteiger partial charge in [-0.05, 0) is 18.4 Å². The lowest BCUT2D eigenvalue weighted by molar-refractivity contribution is -0.153. The van der Waals surface area contributed by atoms with Gasteiger partial charge < -0.3 is 10.2 Å². The number of benzene rings is 1. The molecule has 2 aliphatic heterocycles. The topological polar surface area (TPSA) is 52.7 Å². The monoisotopic (exact) mass is 333 g/mol. The third-order valence-corrected chi connectivity index (χ3v) is 4.72. The van der Waals surface area contributed by atoms with Crippen molar-refractivity contribution in [3.8, 4) is 0 Å². The number of hydrogen-bond acceptors (Lipinski definition) is 3. The molecule has 0 spiro atoms. The van der Waals surface area contributed by atoms with Crippen LogP contribution in [0.25, 0.3) is 0 Å². The molecular formula is C18H24FN3O2. The molecule has 6 heteroatoms. The number of carbonyl (C=O) groups is 2. The van der Waals surface area contributed by atoms with E-state index in [-0.39, 0.29) is 17.6 Å². The maximum absolute atomic E-state index is 13.8. The van der Waals surface area contributed by atoms with E-state index < -0.39 is 12.1 Å². The number of carbonyl (C=O) groups excluding carboxylic acids is 2. The van der Waals surface area contributed by atoms with Crippen LogP contribution < -0.4 is 5.32 Å². The summed E-state index contributed by atoms with van der Waals surface area (Å²) in [5.41, 5.74) is 0.617. The molecule has 1 aromatic carbocycles. The molecule has 0 aromatic heterocycles. The second kappa shape index (κ2) is 6.89. The van der Waals surface area contributed by atoms with Crippen LogP contribution in [0.2, 0.25) is 0 Å². The van der Waals surface area contributed by atoms with E-state index in [0.29, 0.717) is 44.1 Å². The third kappa shape index (κ3) is 3.43. The zero-order valence-electron chi connectivity index (χ0n) is 14.2. The Balaban J connectivity index is 1.67. The minimum atomic E-state index is -0.471. The normalized spacial score (nSPS) is 24.9. The van der Waals surface area contributed by atoms with Crippen LogP contribution in [0.3, 0.4) is 0 Å². The van der Waals surface area contributed by atoms with E-state index in [1.54, 1.807) is 17.0 Å². The number of nitrogens with zero attached hydrogens (tertiary/aromatic N) is 2. The molecule has 0 saturated carbocycles. The van der Waals surface area contributed by atoms with Crippen LogP contribution in [0.5, 0.6) is 0 Å². The largest absolute Gasteiger partial charge is 0.342 e. The lowest BCUT2D eigenvalue weighted by Crippen LogP contribution is -2.69. The first-order valence-corrected chi connectivity index (χ1v) is 8.52. The molecule has 0 bridgehead atoms. The summed E-state index contributed by atoms with van der Waals surface area (Å²) >= 11 is 0. The molecule has 24 heavy (non-hydrogen) atoms. The highest BCUT2D eigenvalue weighted by Gasteiger charge is 2.43. The molecule has 3 rings (SSSR count). The smallest absolute Gasteiger partial charge is 0.245 e. The quantitative estimate of drug-likeness (QED) is 0.906. The first kappa shape index (κ1) is 16.9. The Morgan fingerprint density at radius 2 is 2.00 bits per heavy atom. The van der Waals surface area contributed by atoms with Crippen molar-refractivity contribution in [3.63, 3.8) is 0 Å². The lowest BCUT2D eigenvalue weighted by Gasteiger charge is -2.45. The predicted molar refractivity (Wildman–Crippen MR) is 88.6 cm³/mol. The van der Waals surface area contributed by atoms with Gasteiger partial charge in [0, 0.05) is 31.7 Å². The average molecular weight is 333 g/mol. The van der Waals surface area contributed by atoms with E-state index in [1.165, 1.54) is 6.07 Å². The Bertz CT molecular complexity index is 634. The van der Waals surface area contributed by atoms with Gasteiger partial charge in [-0.2, -0.15) is 0 Å². The predicted octanol–water partition coefficient (Wildman–Crippen LogP) is 1.38. The maximum Gasteiger partial charge on any atom is 0.245 e. The molecule has 5 nitrogen and oxygen atoms in total. The fraction of sp³-hybridized carbons (Fsp3) is 0.556. The second-order valence-electron chi connectivity index (χ2n) is 7.06. The Kier molecular flexibility index (Phi) is 4.85. The van der Waals surface area contributed by atoms with E-state index in [2.05, 4.69) is 5.32 Å². The summed E-state index contributed by atoms with van der Waals surface area (Å²) in [7, 11) is 0. The van der Waals surface area contributed by atoms with Gasteiger partial charge in [-0.15, -0.1) is 0 Å². The van der Waals surface area contributed by atoms with Crippen molar-refractivity contribution in [1.82, 2.24) is 15.1 Å². The van der Waals surface area contributed by atoms with E-state index >= 15 is 0 Å². The SMILES string of the molecule is CC(C)C[C@@H]1NC(=O)[C@H]2CN(Cc3ccccc3F)CCN2C1=O. The zero-order chi connectivity index (χ0) is 17.3. The van der Waals surface area contributed by atoms with E-state index in [1.807, 2.05) is 24.8 Å². The van der Waals surface area contributed by atoms with E-state index in [9.17, 15) is 14.0 Å². The summed E-state index contributed by atoms with van der Waals surface area (Å²) in [4.78, 5) is 28.8. The fourth-order valence-corrected chi connectivity index (χ4v) is 3.50. The number of amides is 2. The summed E-state index contributed by atoms with van der Waals surface area (Å²) in [6.07, 6.45) is 0.659. The Morgan fingerprint density at radius 3 is 2.71 bits per heavy atom. The summed E-state index contributed by atoms with van der Waals surface area (Å²) in [5.74, 6) is 0.0246. The zero-order valence-corrected chi connectivity index (χ0v) is 14.2. The van der Waals surface area contributed by atoms with Gasteiger partial charge in [-0.25, -0.2) is 4.39 Å². The van der Waals surface area contributed by atoms with Crippen LogP contribution >= 0.6 is 0 Å². The van der Waals surface area contributed by atoms with Gasteiger partial charge in [0.25, 0.3) is 0 Å². The molecule has 0 radical (unpaired) electrons. The molecule has 1 aromatic rings. The Morgan fingerprint density at radius 1 is 1.25 bits per heavy atom. The van der Waals surface area contributed by atoms with Gasteiger partial charge >= 0.3 is 0 Å². The van der Waals surface area contributed by atoms with Crippen LogP contribution in [0, 0.1) is 11.7 Å².